The molecule has 2 aromatic rings. The van der Waals surface area contributed by atoms with Crippen LogP contribution in [-0.4, -0.2) is 11.1 Å². The van der Waals surface area contributed by atoms with E-state index in [4.69, 9.17) is 0 Å². The molecule has 0 saturated heterocycles. The molecule has 0 bridgehead atoms. The Kier molecular flexibility index (Phi) is 3.78. The zero-order valence-electron chi connectivity index (χ0n) is 12.1. The Morgan fingerprint density at radius 2 is 1.52 bits per heavy atom. The first kappa shape index (κ1) is 13.9. The summed E-state index contributed by atoms with van der Waals surface area (Å²) in [5, 5.41) is 9.80. The third kappa shape index (κ3) is 2.58. The van der Waals surface area contributed by atoms with Gasteiger partial charge in [0.2, 0.25) is 0 Å². The molecule has 3 rings (SSSR count). The minimum Gasteiger partial charge on any atom is -0.481 e. The molecule has 1 saturated carbocycles. The van der Waals surface area contributed by atoms with Gasteiger partial charge in [-0.15, -0.1) is 0 Å². The number of carbonyl (C=O) groups is 1. The van der Waals surface area contributed by atoms with Gasteiger partial charge in [-0.2, -0.15) is 0 Å². The maximum Gasteiger partial charge on any atom is 0.314 e. The van der Waals surface area contributed by atoms with Crippen molar-refractivity contribution in [3.05, 3.63) is 60.2 Å². The fourth-order valence-corrected chi connectivity index (χ4v) is 3.41. The van der Waals surface area contributed by atoms with Gasteiger partial charge in [0.1, 0.15) is 0 Å². The van der Waals surface area contributed by atoms with Gasteiger partial charge in [0.05, 0.1) is 5.41 Å². The normalized spacial score (nSPS) is 17.3. The van der Waals surface area contributed by atoms with Gasteiger partial charge in [-0.3, -0.25) is 4.79 Å². The number of hydrogen-bond donors (Lipinski definition) is 1. The molecular formula is C19H20O2. The first-order chi connectivity index (χ1) is 10.2. The number of carboxylic acid groups (broad SMARTS) is 1. The predicted octanol–water partition coefficient (Wildman–Crippen LogP) is 4.64. The smallest absolute Gasteiger partial charge is 0.314 e. The van der Waals surface area contributed by atoms with Gasteiger partial charge in [-0.1, -0.05) is 73.9 Å². The summed E-state index contributed by atoms with van der Waals surface area (Å²) < 4.78 is 0. The molecule has 21 heavy (non-hydrogen) atoms. The molecule has 0 amide bonds. The lowest BCUT2D eigenvalue weighted by molar-refractivity contribution is -0.145. The fraction of sp³-hybridized carbons (Fsp3) is 0.316. The van der Waals surface area contributed by atoms with E-state index in [-0.39, 0.29) is 0 Å². The standard InChI is InChI=1S/C19H20O2/c20-18(21)19(12-5-2-6-13-19)17-11-7-10-16(14-17)15-8-3-1-4-9-15/h1,3-4,7-11,14H,2,5-6,12-13H2,(H,20,21). The monoisotopic (exact) mass is 280 g/mol. The molecule has 1 N–H and O–H groups in total. The summed E-state index contributed by atoms with van der Waals surface area (Å²) >= 11 is 0. The van der Waals surface area contributed by atoms with E-state index in [1.54, 1.807) is 0 Å². The first-order valence-electron chi connectivity index (χ1n) is 7.62. The van der Waals surface area contributed by atoms with Crippen LogP contribution in [0.2, 0.25) is 0 Å². The molecule has 1 aliphatic carbocycles. The van der Waals surface area contributed by atoms with E-state index in [9.17, 15) is 9.90 Å². The van der Waals surface area contributed by atoms with Crippen LogP contribution in [0.3, 0.4) is 0 Å². The van der Waals surface area contributed by atoms with Crippen LogP contribution < -0.4 is 0 Å². The maximum absolute atomic E-state index is 11.9. The molecule has 2 nitrogen and oxygen atoms in total. The number of carboxylic acids is 1. The van der Waals surface area contributed by atoms with E-state index in [1.807, 2.05) is 30.3 Å². The molecule has 2 aromatic carbocycles. The van der Waals surface area contributed by atoms with Gasteiger partial charge < -0.3 is 5.11 Å². The Balaban J connectivity index is 2.04. The molecule has 0 aromatic heterocycles. The Bertz CT molecular complexity index is 625. The predicted molar refractivity (Wildman–Crippen MR) is 84.3 cm³/mol. The van der Waals surface area contributed by atoms with Crippen LogP contribution in [0.25, 0.3) is 11.1 Å². The molecule has 0 heterocycles. The van der Waals surface area contributed by atoms with Gasteiger partial charge >= 0.3 is 5.97 Å². The van der Waals surface area contributed by atoms with E-state index in [0.29, 0.717) is 0 Å². The molecule has 0 atom stereocenters. The van der Waals surface area contributed by atoms with E-state index in [1.165, 1.54) is 0 Å². The first-order valence-corrected chi connectivity index (χ1v) is 7.62. The number of rotatable bonds is 3. The van der Waals surface area contributed by atoms with Crippen molar-refractivity contribution in [1.29, 1.82) is 0 Å². The highest BCUT2D eigenvalue weighted by atomic mass is 16.4. The second-order valence-corrected chi connectivity index (χ2v) is 5.89. The van der Waals surface area contributed by atoms with Crippen LogP contribution in [0.4, 0.5) is 0 Å². The highest BCUT2D eigenvalue weighted by Gasteiger charge is 2.41. The van der Waals surface area contributed by atoms with Crippen molar-refractivity contribution < 1.29 is 9.90 Å². The Morgan fingerprint density at radius 3 is 2.19 bits per heavy atom. The zero-order valence-corrected chi connectivity index (χ0v) is 12.1. The second-order valence-electron chi connectivity index (χ2n) is 5.89. The topological polar surface area (TPSA) is 37.3 Å². The van der Waals surface area contributed by atoms with Crippen LogP contribution in [0.15, 0.2) is 54.6 Å². The molecule has 0 radical (unpaired) electrons. The summed E-state index contributed by atoms with van der Waals surface area (Å²) in [6.07, 6.45) is 4.65. The van der Waals surface area contributed by atoms with Crippen LogP contribution in [-0.2, 0) is 10.2 Å². The Labute approximate surface area is 125 Å². The lowest BCUT2D eigenvalue weighted by atomic mass is 9.69. The quantitative estimate of drug-likeness (QED) is 0.889. The molecule has 0 unspecified atom stereocenters. The van der Waals surface area contributed by atoms with Crippen molar-refractivity contribution in [2.45, 2.75) is 37.5 Å². The van der Waals surface area contributed by atoms with Crippen molar-refractivity contribution in [3.8, 4) is 11.1 Å². The largest absolute Gasteiger partial charge is 0.481 e. The van der Waals surface area contributed by atoms with Crippen molar-refractivity contribution in [2.75, 3.05) is 0 Å². The Morgan fingerprint density at radius 1 is 0.857 bits per heavy atom. The summed E-state index contributed by atoms with van der Waals surface area (Å²) in [6, 6.07) is 18.2. The third-order valence-electron chi connectivity index (χ3n) is 4.64. The SMILES string of the molecule is O=C(O)C1(c2cccc(-c3ccccc3)c2)CCCCC1. The molecular weight excluding hydrogens is 260 g/mol. The van der Waals surface area contributed by atoms with Crippen LogP contribution in [0.1, 0.15) is 37.7 Å². The van der Waals surface area contributed by atoms with Gasteiger partial charge in [-0.25, -0.2) is 0 Å². The van der Waals surface area contributed by atoms with Crippen LogP contribution in [0.5, 0.6) is 0 Å². The summed E-state index contributed by atoms with van der Waals surface area (Å²) in [5.74, 6) is -0.674. The summed E-state index contributed by atoms with van der Waals surface area (Å²) in [5.41, 5.74) is 2.49. The summed E-state index contributed by atoms with van der Waals surface area (Å²) in [4.78, 5) is 11.9. The number of aliphatic carboxylic acids is 1. The molecule has 1 fully saturated rings. The number of benzene rings is 2. The van der Waals surface area contributed by atoms with Gasteiger partial charge in [0.25, 0.3) is 0 Å². The molecule has 0 spiro atoms. The molecule has 1 aliphatic rings. The number of hydrogen-bond acceptors (Lipinski definition) is 1. The van der Waals surface area contributed by atoms with Crippen molar-refractivity contribution in [2.24, 2.45) is 0 Å². The minimum absolute atomic E-state index is 0.674. The van der Waals surface area contributed by atoms with E-state index in [2.05, 4.69) is 24.3 Å². The maximum atomic E-state index is 11.9. The van der Waals surface area contributed by atoms with Crippen LogP contribution in [0, 0.1) is 0 Å². The fourth-order valence-electron chi connectivity index (χ4n) is 3.41. The third-order valence-corrected chi connectivity index (χ3v) is 4.64. The molecule has 0 aliphatic heterocycles. The molecule has 108 valence electrons. The van der Waals surface area contributed by atoms with E-state index < -0.39 is 11.4 Å². The average Bonchev–Trinajstić information content (AvgIpc) is 2.56. The average molecular weight is 280 g/mol. The van der Waals surface area contributed by atoms with E-state index in [0.717, 1.165) is 48.8 Å². The summed E-state index contributed by atoms with van der Waals surface area (Å²) in [6.45, 7) is 0. The molecule has 2 heteroatoms. The highest BCUT2D eigenvalue weighted by Crippen LogP contribution is 2.40. The minimum atomic E-state index is -0.691. The van der Waals surface area contributed by atoms with Crippen molar-refractivity contribution >= 4 is 5.97 Å². The lowest BCUT2D eigenvalue weighted by Gasteiger charge is -2.34. The zero-order chi connectivity index (χ0) is 14.7. The van der Waals surface area contributed by atoms with E-state index >= 15 is 0 Å². The van der Waals surface area contributed by atoms with Crippen molar-refractivity contribution in [1.82, 2.24) is 0 Å². The Hall–Kier alpha value is -2.09. The van der Waals surface area contributed by atoms with Gasteiger partial charge in [0.15, 0.2) is 0 Å². The summed E-state index contributed by atoms with van der Waals surface area (Å²) in [7, 11) is 0. The van der Waals surface area contributed by atoms with Crippen LogP contribution >= 0.6 is 0 Å². The second kappa shape index (κ2) is 5.72. The highest BCUT2D eigenvalue weighted by molar-refractivity contribution is 5.82. The lowest BCUT2D eigenvalue weighted by Crippen LogP contribution is -2.37. The van der Waals surface area contributed by atoms with Crippen molar-refractivity contribution in [3.63, 3.8) is 0 Å². The van der Waals surface area contributed by atoms with Gasteiger partial charge in [0, 0.05) is 0 Å². The van der Waals surface area contributed by atoms with Gasteiger partial charge in [-0.05, 0) is 29.5 Å².